The SMILES string of the molecule is CC=CCCC=CCCC=CC(C)=C(C)C. The zero-order valence-electron chi connectivity index (χ0n) is 11.3. The summed E-state index contributed by atoms with van der Waals surface area (Å²) < 4.78 is 0. The van der Waals surface area contributed by atoms with Crippen molar-refractivity contribution >= 4 is 0 Å². The number of allylic oxidation sites excluding steroid dienone is 8. The third-order valence-corrected chi connectivity index (χ3v) is 2.56. The molecule has 0 spiro atoms. The molecule has 0 aromatic rings. The van der Waals surface area contributed by atoms with Gasteiger partial charge in [-0.05, 0) is 53.4 Å². The number of hydrogen-bond acceptors (Lipinski definition) is 0. The molecule has 0 heterocycles. The second-order valence-electron chi connectivity index (χ2n) is 4.28. The van der Waals surface area contributed by atoms with E-state index in [1.54, 1.807) is 0 Å². The molecule has 0 amide bonds. The summed E-state index contributed by atoms with van der Waals surface area (Å²) in [6.07, 6.45) is 18.0. The molecular formula is C16H26. The maximum absolute atomic E-state index is 2.28. The maximum Gasteiger partial charge on any atom is -0.0313 e. The van der Waals surface area contributed by atoms with Crippen LogP contribution in [0.5, 0.6) is 0 Å². The molecule has 0 aromatic heterocycles. The Labute approximate surface area is 101 Å². The van der Waals surface area contributed by atoms with Crippen LogP contribution in [0.25, 0.3) is 0 Å². The number of unbranched alkanes of at least 4 members (excludes halogenated alkanes) is 2. The summed E-state index contributed by atoms with van der Waals surface area (Å²) in [5.74, 6) is 0. The van der Waals surface area contributed by atoms with Gasteiger partial charge in [0.05, 0.1) is 0 Å². The monoisotopic (exact) mass is 218 g/mol. The smallest absolute Gasteiger partial charge is 0.0313 e. The van der Waals surface area contributed by atoms with E-state index in [0.717, 1.165) is 12.8 Å². The van der Waals surface area contributed by atoms with Crippen molar-refractivity contribution in [3.63, 3.8) is 0 Å². The standard InChI is InChI=1S/C16H26/c1-5-6-7-8-9-10-11-12-13-14-16(4)15(2)3/h5-6,9-10,13-14H,7-8,11-12H2,1-4H3. The molecule has 0 aliphatic rings. The highest BCUT2D eigenvalue weighted by Gasteiger charge is 1.84. The van der Waals surface area contributed by atoms with Crippen LogP contribution in [0.2, 0.25) is 0 Å². The summed E-state index contributed by atoms with van der Waals surface area (Å²) >= 11 is 0. The first-order chi connectivity index (χ1) is 7.68. The predicted molar refractivity (Wildman–Crippen MR) is 75.6 cm³/mol. The molecule has 0 aromatic carbocycles. The summed E-state index contributed by atoms with van der Waals surface area (Å²) in [4.78, 5) is 0. The van der Waals surface area contributed by atoms with E-state index in [2.05, 4.69) is 64.2 Å². The van der Waals surface area contributed by atoms with Crippen molar-refractivity contribution < 1.29 is 0 Å². The fraction of sp³-hybridized carbons (Fsp3) is 0.500. The molecule has 0 unspecified atom stereocenters. The van der Waals surface area contributed by atoms with Crippen LogP contribution in [0.1, 0.15) is 53.4 Å². The second-order valence-corrected chi connectivity index (χ2v) is 4.28. The Hall–Kier alpha value is -1.04. The van der Waals surface area contributed by atoms with E-state index in [-0.39, 0.29) is 0 Å². The zero-order chi connectivity index (χ0) is 12.2. The molecule has 0 saturated heterocycles. The molecule has 0 rings (SSSR count). The third kappa shape index (κ3) is 9.51. The highest BCUT2D eigenvalue weighted by Crippen LogP contribution is 2.05. The fourth-order valence-electron chi connectivity index (χ4n) is 1.21. The van der Waals surface area contributed by atoms with Gasteiger partial charge in [-0.1, -0.05) is 47.6 Å². The van der Waals surface area contributed by atoms with Crippen molar-refractivity contribution in [1.82, 2.24) is 0 Å². The Balaban J connectivity index is 3.57. The van der Waals surface area contributed by atoms with E-state index in [1.807, 2.05) is 0 Å². The van der Waals surface area contributed by atoms with Gasteiger partial charge in [0, 0.05) is 0 Å². The minimum atomic E-state index is 1.14. The molecule has 0 saturated carbocycles. The van der Waals surface area contributed by atoms with Crippen LogP contribution in [-0.4, -0.2) is 0 Å². The van der Waals surface area contributed by atoms with Gasteiger partial charge in [-0.2, -0.15) is 0 Å². The van der Waals surface area contributed by atoms with Gasteiger partial charge in [0.15, 0.2) is 0 Å². The molecule has 0 fully saturated rings. The highest BCUT2D eigenvalue weighted by atomic mass is 13.9. The van der Waals surface area contributed by atoms with Gasteiger partial charge in [-0.3, -0.25) is 0 Å². The Morgan fingerprint density at radius 2 is 1.25 bits per heavy atom. The minimum absolute atomic E-state index is 1.14. The Bertz CT molecular complexity index is 270. The van der Waals surface area contributed by atoms with Gasteiger partial charge < -0.3 is 0 Å². The van der Waals surface area contributed by atoms with Crippen LogP contribution >= 0.6 is 0 Å². The first-order valence-corrected chi connectivity index (χ1v) is 6.25. The van der Waals surface area contributed by atoms with Crippen LogP contribution in [0.15, 0.2) is 47.6 Å². The minimum Gasteiger partial charge on any atom is -0.0917 e. The van der Waals surface area contributed by atoms with Gasteiger partial charge in [0.1, 0.15) is 0 Å². The van der Waals surface area contributed by atoms with Gasteiger partial charge >= 0.3 is 0 Å². The van der Waals surface area contributed by atoms with Crippen molar-refractivity contribution in [3.8, 4) is 0 Å². The molecule has 0 atom stereocenters. The van der Waals surface area contributed by atoms with Crippen molar-refractivity contribution in [3.05, 3.63) is 47.6 Å². The molecule has 0 aliphatic heterocycles. The topological polar surface area (TPSA) is 0 Å². The Kier molecular flexibility index (Phi) is 9.80. The molecule has 0 N–H and O–H groups in total. The first-order valence-electron chi connectivity index (χ1n) is 6.25. The average Bonchev–Trinajstić information content (AvgIpc) is 2.26. The van der Waals surface area contributed by atoms with E-state index in [1.165, 1.54) is 24.0 Å². The lowest BCUT2D eigenvalue weighted by molar-refractivity contribution is 1.00. The molecule has 90 valence electrons. The average molecular weight is 218 g/mol. The molecule has 0 aliphatic carbocycles. The van der Waals surface area contributed by atoms with Crippen LogP contribution in [0.4, 0.5) is 0 Å². The lowest BCUT2D eigenvalue weighted by Crippen LogP contribution is -1.73. The Morgan fingerprint density at radius 1 is 0.750 bits per heavy atom. The third-order valence-electron chi connectivity index (χ3n) is 2.56. The van der Waals surface area contributed by atoms with Crippen LogP contribution < -0.4 is 0 Å². The highest BCUT2D eigenvalue weighted by molar-refractivity contribution is 5.20. The Morgan fingerprint density at radius 3 is 1.75 bits per heavy atom. The van der Waals surface area contributed by atoms with Crippen molar-refractivity contribution in [2.45, 2.75) is 53.4 Å². The summed E-state index contributed by atoms with van der Waals surface area (Å²) in [5, 5.41) is 0. The quantitative estimate of drug-likeness (QED) is 0.297. The van der Waals surface area contributed by atoms with Crippen molar-refractivity contribution in [2.24, 2.45) is 0 Å². The molecule has 0 nitrogen and oxygen atoms in total. The lowest BCUT2D eigenvalue weighted by atomic mass is 10.1. The van der Waals surface area contributed by atoms with E-state index in [4.69, 9.17) is 0 Å². The molecule has 16 heavy (non-hydrogen) atoms. The molecule has 0 radical (unpaired) electrons. The van der Waals surface area contributed by atoms with Crippen LogP contribution in [-0.2, 0) is 0 Å². The van der Waals surface area contributed by atoms with Crippen LogP contribution in [0, 0.1) is 0 Å². The summed E-state index contributed by atoms with van der Waals surface area (Å²) in [5.41, 5.74) is 2.79. The zero-order valence-corrected chi connectivity index (χ0v) is 11.3. The predicted octanol–water partition coefficient (Wildman–Crippen LogP) is 5.59. The second kappa shape index (κ2) is 10.5. The van der Waals surface area contributed by atoms with Crippen molar-refractivity contribution in [2.75, 3.05) is 0 Å². The largest absolute Gasteiger partial charge is 0.0917 e. The van der Waals surface area contributed by atoms with Crippen LogP contribution in [0.3, 0.4) is 0 Å². The molecular weight excluding hydrogens is 192 g/mol. The van der Waals surface area contributed by atoms with Crippen molar-refractivity contribution in [1.29, 1.82) is 0 Å². The number of rotatable bonds is 7. The molecule has 0 heteroatoms. The lowest BCUT2D eigenvalue weighted by Gasteiger charge is -1.94. The molecule has 0 bridgehead atoms. The van der Waals surface area contributed by atoms with Gasteiger partial charge in [-0.25, -0.2) is 0 Å². The maximum atomic E-state index is 2.28. The van der Waals surface area contributed by atoms with Gasteiger partial charge in [-0.15, -0.1) is 0 Å². The summed E-state index contributed by atoms with van der Waals surface area (Å²) in [7, 11) is 0. The summed E-state index contributed by atoms with van der Waals surface area (Å²) in [6, 6.07) is 0. The fourth-order valence-corrected chi connectivity index (χ4v) is 1.21. The van der Waals surface area contributed by atoms with E-state index < -0.39 is 0 Å². The van der Waals surface area contributed by atoms with Gasteiger partial charge in [0.2, 0.25) is 0 Å². The number of hydrogen-bond donors (Lipinski definition) is 0. The van der Waals surface area contributed by atoms with E-state index in [9.17, 15) is 0 Å². The van der Waals surface area contributed by atoms with Gasteiger partial charge in [0.25, 0.3) is 0 Å². The van der Waals surface area contributed by atoms with E-state index in [0.29, 0.717) is 0 Å². The summed E-state index contributed by atoms with van der Waals surface area (Å²) in [6.45, 7) is 8.54. The first kappa shape index (κ1) is 15.0. The van der Waals surface area contributed by atoms with E-state index >= 15 is 0 Å². The normalized spacial score (nSPS) is 12.0.